The number of rotatable bonds is 8. The van der Waals surface area contributed by atoms with Crippen molar-refractivity contribution in [2.75, 3.05) is 19.6 Å². The topological polar surface area (TPSA) is 58.4 Å². The van der Waals surface area contributed by atoms with E-state index in [1.807, 2.05) is 6.92 Å². The SMILES string of the molecule is CCCN(C(C)C)C(CN)CC(=O)NCC. The van der Waals surface area contributed by atoms with Crippen LogP contribution in [0.2, 0.25) is 0 Å². The summed E-state index contributed by atoms with van der Waals surface area (Å²) in [6.07, 6.45) is 1.59. The fourth-order valence-electron chi connectivity index (χ4n) is 1.94. The van der Waals surface area contributed by atoms with Gasteiger partial charge in [-0.1, -0.05) is 6.92 Å². The predicted molar refractivity (Wildman–Crippen MR) is 68.3 cm³/mol. The third kappa shape index (κ3) is 5.47. The fraction of sp³-hybridized carbons (Fsp3) is 0.917. The van der Waals surface area contributed by atoms with Crippen LogP contribution in [0.25, 0.3) is 0 Å². The van der Waals surface area contributed by atoms with E-state index in [9.17, 15) is 4.79 Å². The molecule has 0 radical (unpaired) electrons. The van der Waals surface area contributed by atoms with E-state index in [1.54, 1.807) is 0 Å². The lowest BCUT2D eigenvalue weighted by Crippen LogP contribution is -2.47. The molecule has 16 heavy (non-hydrogen) atoms. The zero-order valence-electron chi connectivity index (χ0n) is 11.1. The number of carbonyl (C=O) groups excluding carboxylic acids is 1. The molecule has 0 aromatic rings. The molecule has 0 aliphatic carbocycles. The molecule has 4 heteroatoms. The van der Waals surface area contributed by atoms with Crippen LogP contribution in [-0.4, -0.2) is 42.5 Å². The number of hydrogen-bond donors (Lipinski definition) is 2. The number of amides is 1. The summed E-state index contributed by atoms with van der Waals surface area (Å²) in [5, 5.41) is 2.83. The van der Waals surface area contributed by atoms with Gasteiger partial charge in [0.1, 0.15) is 0 Å². The fourth-order valence-corrected chi connectivity index (χ4v) is 1.94. The average Bonchev–Trinajstić information content (AvgIpc) is 2.23. The van der Waals surface area contributed by atoms with Gasteiger partial charge < -0.3 is 11.1 Å². The Kier molecular flexibility index (Phi) is 8.21. The number of hydrogen-bond acceptors (Lipinski definition) is 3. The van der Waals surface area contributed by atoms with E-state index in [0.717, 1.165) is 13.0 Å². The number of carbonyl (C=O) groups is 1. The Hall–Kier alpha value is -0.610. The summed E-state index contributed by atoms with van der Waals surface area (Å²) in [5.41, 5.74) is 5.76. The molecule has 0 saturated heterocycles. The molecule has 3 N–H and O–H groups in total. The Morgan fingerprint density at radius 2 is 2.00 bits per heavy atom. The zero-order valence-corrected chi connectivity index (χ0v) is 11.1. The highest BCUT2D eigenvalue weighted by Gasteiger charge is 2.21. The molecule has 0 aliphatic heterocycles. The minimum absolute atomic E-state index is 0.0969. The third-order valence-corrected chi connectivity index (χ3v) is 2.68. The highest BCUT2D eigenvalue weighted by atomic mass is 16.1. The summed E-state index contributed by atoms with van der Waals surface area (Å²) in [7, 11) is 0. The molecule has 0 saturated carbocycles. The minimum Gasteiger partial charge on any atom is -0.356 e. The Balaban J connectivity index is 4.36. The second kappa shape index (κ2) is 8.53. The molecule has 0 rings (SSSR count). The van der Waals surface area contributed by atoms with Gasteiger partial charge in [-0.25, -0.2) is 0 Å². The van der Waals surface area contributed by atoms with Gasteiger partial charge in [0.15, 0.2) is 0 Å². The normalized spacial score (nSPS) is 13.2. The molecular formula is C12H27N3O. The molecule has 0 heterocycles. The Morgan fingerprint density at radius 3 is 2.38 bits per heavy atom. The first-order chi connectivity index (χ1) is 7.56. The second-order valence-corrected chi connectivity index (χ2v) is 4.38. The van der Waals surface area contributed by atoms with Gasteiger partial charge in [-0.2, -0.15) is 0 Å². The van der Waals surface area contributed by atoms with Gasteiger partial charge in [0.25, 0.3) is 0 Å². The summed E-state index contributed by atoms with van der Waals surface area (Å²) < 4.78 is 0. The largest absolute Gasteiger partial charge is 0.356 e. The molecule has 1 unspecified atom stereocenters. The minimum atomic E-state index is 0.0969. The highest BCUT2D eigenvalue weighted by molar-refractivity contribution is 5.76. The van der Waals surface area contributed by atoms with E-state index < -0.39 is 0 Å². The van der Waals surface area contributed by atoms with Crippen LogP contribution in [0.4, 0.5) is 0 Å². The van der Waals surface area contributed by atoms with Crippen LogP contribution in [-0.2, 0) is 4.79 Å². The van der Waals surface area contributed by atoms with Crippen molar-refractivity contribution in [3.63, 3.8) is 0 Å². The Morgan fingerprint density at radius 1 is 1.38 bits per heavy atom. The number of nitrogens with one attached hydrogen (secondary N) is 1. The van der Waals surface area contributed by atoms with Crippen molar-refractivity contribution in [1.82, 2.24) is 10.2 Å². The van der Waals surface area contributed by atoms with Gasteiger partial charge in [-0.15, -0.1) is 0 Å². The van der Waals surface area contributed by atoms with E-state index in [4.69, 9.17) is 5.73 Å². The maximum Gasteiger partial charge on any atom is 0.221 e. The van der Waals surface area contributed by atoms with Crippen molar-refractivity contribution in [2.45, 2.75) is 52.6 Å². The van der Waals surface area contributed by atoms with Crippen LogP contribution >= 0.6 is 0 Å². The molecule has 96 valence electrons. The summed E-state index contributed by atoms with van der Waals surface area (Å²) >= 11 is 0. The Labute approximate surface area is 99.6 Å². The van der Waals surface area contributed by atoms with E-state index in [0.29, 0.717) is 25.6 Å². The first-order valence-electron chi connectivity index (χ1n) is 6.29. The van der Waals surface area contributed by atoms with Crippen LogP contribution < -0.4 is 11.1 Å². The third-order valence-electron chi connectivity index (χ3n) is 2.68. The van der Waals surface area contributed by atoms with E-state index in [2.05, 4.69) is 31.0 Å². The molecule has 0 bridgehead atoms. The van der Waals surface area contributed by atoms with Gasteiger partial charge in [-0.05, 0) is 33.7 Å². The van der Waals surface area contributed by atoms with Crippen molar-refractivity contribution in [3.05, 3.63) is 0 Å². The zero-order chi connectivity index (χ0) is 12.6. The first-order valence-corrected chi connectivity index (χ1v) is 6.29. The smallest absolute Gasteiger partial charge is 0.221 e. The van der Waals surface area contributed by atoms with E-state index in [1.165, 1.54) is 0 Å². The lowest BCUT2D eigenvalue weighted by atomic mass is 10.1. The van der Waals surface area contributed by atoms with Gasteiger partial charge in [-0.3, -0.25) is 9.69 Å². The van der Waals surface area contributed by atoms with E-state index in [-0.39, 0.29) is 11.9 Å². The van der Waals surface area contributed by atoms with Crippen molar-refractivity contribution in [1.29, 1.82) is 0 Å². The standard InChI is InChI=1S/C12H27N3O/c1-5-7-15(10(3)4)11(9-13)8-12(16)14-6-2/h10-11H,5-9,13H2,1-4H3,(H,14,16). The first kappa shape index (κ1) is 15.4. The van der Waals surface area contributed by atoms with Crippen molar-refractivity contribution >= 4 is 5.91 Å². The molecule has 0 spiro atoms. The summed E-state index contributed by atoms with van der Waals surface area (Å²) in [6.45, 7) is 10.6. The predicted octanol–water partition coefficient (Wildman–Crippen LogP) is 0.960. The molecule has 1 amide bonds. The number of nitrogens with two attached hydrogens (primary N) is 1. The lowest BCUT2D eigenvalue weighted by molar-refractivity contribution is -0.122. The van der Waals surface area contributed by atoms with E-state index >= 15 is 0 Å². The van der Waals surface area contributed by atoms with Crippen LogP contribution in [0, 0.1) is 0 Å². The highest BCUT2D eigenvalue weighted by Crippen LogP contribution is 2.09. The molecule has 1 atom stereocenters. The van der Waals surface area contributed by atoms with Crippen molar-refractivity contribution in [3.8, 4) is 0 Å². The average molecular weight is 229 g/mol. The maximum absolute atomic E-state index is 11.6. The van der Waals surface area contributed by atoms with Crippen LogP contribution in [0.3, 0.4) is 0 Å². The van der Waals surface area contributed by atoms with Crippen molar-refractivity contribution in [2.24, 2.45) is 5.73 Å². The van der Waals surface area contributed by atoms with Gasteiger partial charge in [0, 0.05) is 31.6 Å². The monoisotopic (exact) mass is 229 g/mol. The summed E-state index contributed by atoms with van der Waals surface area (Å²) in [6, 6.07) is 0.592. The second-order valence-electron chi connectivity index (χ2n) is 4.38. The summed E-state index contributed by atoms with van der Waals surface area (Å²) in [4.78, 5) is 13.9. The summed E-state index contributed by atoms with van der Waals surface area (Å²) in [5.74, 6) is 0.0969. The molecule has 0 aliphatic rings. The molecule has 0 aromatic carbocycles. The van der Waals surface area contributed by atoms with Gasteiger partial charge in [0.2, 0.25) is 5.91 Å². The molecule has 0 fully saturated rings. The quantitative estimate of drug-likeness (QED) is 0.652. The number of nitrogens with zero attached hydrogens (tertiary/aromatic N) is 1. The molecule has 0 aromatic heterocycles. The molecular weight excluding hydrogens is 202 g/mol. The van der Waals surface area contributed by atoms with Gasteiger partial charge in [0.05, 0.1) is 0 Å². The maximum atomic E-state index is 11.6. The van der Waals surface area contributed by atoms with Crippen LogP contribution in [0.1, 0.15) is 40.5 Å². The lowest BCUT2D eigenvalue weighted by Gasteiger charge is -2.33. The van der Waals surface area contributed by atoms with Crippen LogP contribution in [0.5, 0.6) is 0 Å². The molecule has 4 nitrogen and oxygen atoms in total. The Bertz CT molecular complexity index is 195. The van der Waals surface area contributed by atoms with Gasteiger partial charge >= 0.3 is 0 Å². The van der Waals surface area contributed by atoms with Crippen LogP contribution in [0.15, 0.2) is 0 Å². The van der Waals surface area contributed by atoms with Crippen molar-refractivity contribution < 1.29 is 4.79 Å².